The second-order valence-electron chi connectivity index (χ2n) is 3.77. The first-order valence-electron chi connectivity index (χ1n) is 5.41. The number of halogens is 2. The minimum Gasteiger partial charge on any atom is -0.378 e. The van der Waals surface area contributed by atoms with Gasteiger partial charge in [-0.2, -0.15) is 0 Å². The summed E-state index contributed by atoms with van der Waals surface area (Å²) in [6.45, 7) is 0.958. The largest absolute Gasteiger partial charge is 0.378 e. The van der Waals surface area contributed by atoms with Crippen LogP contribution in [0.25, 0.3) is 0 Å². The molecule has 1 aromatic carbocycles. The minimum absolute atomic E-state index is 0.104. The predicted molar refractivity (Wildman–Crippen MR) is 68.8 cm³/mol. The van der Waals surface area contributed by atoms with E-state index in [2.05, 4.69) is 10.3 Å². The topological polar surface area (TPSA) is 73.0 Å². The third kappa shape index (κ3) is 3.19. The number of nitrogens with one attached hydrogen (secondary N) is 1. The molecule has 0 atom stereocenters. The molecule has 0 bridgehead atoms. The van der Waals surface area contributed by atoms with Crippen molar-refractivity contribution >= 4 is 23.0 Å². The van der Waals surface area contributed by atoms with Crippen molar-refractivity contribution in [3.8, 4) is 0 Å². The molecule has 2 rings (SSSR count). The molecule has 2 aromatic rings. The maximum absolute atomic E-state index is 13.3. The first-order valence-corrected chi connectivity index (χ1v) is 5.79. The molecule has 0 aliphatic heterocycles. The van der Waals surface area contributed by atoms with Crippen LogP contribution >= 0.6 is 11.6 Å². The van der Waals surface area contributed by atoms with Gasteiger partial charge >= 0.3 is 0 Å². The molecule has 0 aliphatic rings. The van der Waals surface area contributed by atoms with Crippen LogP contribution < -0.4 is 5.32 Å². The first-order chi connectivity index (χ1) is 9.08. The SMILES string of the molecule is O=[N+]([O-])c1cc(Cl)c(F)cc1NCCn1ccnc1. The van der Waals surface area contributed by atoms with Crippen LogP contribution in [0, 0.1) is 15.9 Å². The molecule has 1 heterocycles. The van der Waals surface area contributed by atoms with Crippen LogP contribution in [0.1, 0.15) is 0 Å². The Hall–Kier alpha value is -2.15. The van der Waals surface area contributed by atoms with Crippen LogP contribution in [0.3, 0.4) is 0 Å². The molecule has 0 saturated heterocycles. The monoisotopic (exact) mass is 284 g/mol. The molecular weight excluding hydrogens is 275 g/mol. The van der Waals surface area contributed by atoms with Gasteiger partial charge in [0, 0.05) is 37.6 Å². The van der Waals surface area contributed by atoms with Crippen molar-refractivity contribution in [3.63, 3.8) is 0 Å². The highest BCUT2D eigenvalue weighted by molar-refractivity contribution is 6.31. The Bertz CT molecular complexity index is 589. The average Bonchev–Trinajstić information content (AvgIpc) is 2.86. The summed E-state index contributed by atoms with van der Waals surface area (Å²) in [5.74, 6) is -0.697. The van der Waals surface area contributed by atoms with Crippen molar-refractivity contribution in [2.24, 2.45) is 0 Å². The zero-order chi connectivity index (χ0) is 13.8. The molecular formula is C11H10ClFN4O2. The Morgan fingerprint density at radius 2 is 2.32 bits per heavy atom. The van der Waals surface area contributed by atoms with Gasteiger partial charge in [0.2, 0.25) is 0 Å². The normalized spacial score (nSPS) is 10.4. The van der Waals surface area contributed by atoms with Crippen molar-refractivity contribution in [3.05, 3.63) is 51.8 Å². The lowest BCUT2D eigenvalue weighted by Crippen LogP contribution is -2.10. The predicted octanol–water partition coefficient (Wildman–Crippen LogP) is 2.70. The van der Waals surface area contributed by atoms with Gasteiger partial charge in [-0.1, -0.05) is 11.6 Å². The molecule has 1 aromatic heterocycles. The van der Waals surface area contributed by atoms with E-state index in [9.17, 15) is 14.5 Å². The number of nitro benzene ring substituents is 1. The van der Waals surface area contributed by atoms with Crippen LogP contribution in [0.5, 0.6) is 0 Å². The molecule has 0 amide bonds. The van der Waals surface area contributed by atoms with E-state index < -0.39 is 10.7 Å². The molecule has 0 saturated carbocycles. The van der Waals surface area contributed by atoms with Crippen molar-refractivity contribution < 1.29 is 9.31 Å². The molecule has 0 aliphatic carbocycles. The molecule has 100 valence electrons. The van der Waals surface area contributed by atoms with E-state index in [-0.39, 0.29) is 16.4 Å². The average molecular weight is 285 g/mol. The number of rotatable bonds is 5. The van der Waals surface area contributed by atoms with Crippen molar-refractivity contribution in [2.45, 2.75) is 6.54 Å². The Morgan fingerprint density at radius 3 is 2.95 bits per heavy atom. The highest BCUT2D eigenvalue weighted by Crippen LogP contribution is 2.30. The van der Waals surface area contributed by atoms with Crippen LogP contribution in [0.4, 0.5) is 15.8 Å². The zero-order valence-electron chi connectivity index (χ0n) is 9.72. The minimum atomic E-state index is -0.697. The lowest BCUT2D eigenvalue weighted by atomic mass is 10.2. The molecule has 8 heteroatoms. The third-order valence-electron chi connectivity index (χ3n) is 2.48. The number of anilines is 1. The number of nitro groups is 1. The number of hydrogen-bond acceptors (Lipinski definition) is 4. The van der Waals surface area contributed by atoms with Gasteiger partial charge in [0.1, 0.15) is 11.5 Å². The van der Waals surface area contributed by atoms with Gasteiger partial charge < -0.3 is 9.88 Å². The fourth-order valence-corrected chi connectivity index (χ4v) is 1.73. The van der Waals surface area contributed by atoms with Crippen LogP contribution in [0.15, 0.2) is 30.9 Å². The summed E-state index contributed by atoms with van der Waals surface area (Å²) in [5, 5.41) is 13.4. The molecule has 1 N–H and O–H groups in total. The first kappa shape index (κ1) is 13.3. The number of imidazole rings is 1. The highest BCUT2D eigenvalue weighted by Gasteiger charge is 2.17. The van der Waals surface area contributed by atoms with E-state index in [1.807, 2.05) is 0 Å². The third-order valence-corrected chi connectivity index (χ3v) is 2.77. The Kier molecular flexibility index (Phi) is 3.96. The smallest absolute Gasteiger partial charge is 0.294 e. The second kappa shape index (κ2) is 5.66. The fourth-order valence-electron chi connectivity index (χ4n) is 1.57. The summed E-state index contributed by atoms with van der Waals surface area (Å²) in [7, 11) is 0. The Balaban J connectivity index is 2.10. The lowest BCUT2D eigenvalue weighted by molar-refractivity contribution is -0.384. The van der Waals surface area contributed by atoms with E-state index in [1.54, 1.807) is 23.3 Å². The van der Waals surface area contributed by atoms with Crippen LogP contribution in [0.2, 0.25) is 5.02 Å². The van der Waals surface area contributed by atoms with E-state index in [0.717, 1.165) is 12.1 Å². The van der Waals surface area contributed by atoms with E-state index in [0.29, 0.717) is 13.1 Å². The summed E-state index contributed by atoms with van der Waals surface area (Å²) < 4.78 is 15.1. The molecule has 19 heavy (non-hydrogen) atoms. The molecule has 0 unspecified atom stereocenters. The lowest BCUT2D eigenvalue weighted by Gasteiger charge is -2.08. The maximum atomic E-state index is 13.3. The standard InChI is InChI=1S/C11H10ClFN4O2/c12-8-5-11(17(18)19)10(6-9(8)13)15-2-4-16-3-1-14-7-16/h1,3,5-7,15H,2,4H2. The molecule has 0 spiro atoms. The summed E-state index contributed by atoms with van der Waals surface area (Å²) in [6.07, 6.45) is 5.02. The number of benzene rings is 1. The molecule has 6 nitrogen and oxygen atoms in total. The summed E-state index contributed by atoms with van der Waals surface area (Å²) in [5.41, 5.74) is -0.149. The van der Waals surface area contributed by atoms with E-state index >= 15 is 0 Å². The van der Waals surface area contributed by atoms with Gasteiger partial charge in [-0.25, -0.2) is 9.37 Å². The van der Waals surface area contributed by atoms with Gasteiger partial charge in [0.05, 0.1) is 16.3 Å². The van der Waals surface area contributed by atoms with Crippen LogP contribution in [-0.2, 0) is 6.54 Å². The molecule has 0 fully saturated rings. The Labute approximate surface area is 113 Å². The van der Waals surface area contributed by atoms with Gasteiger partial charge in [0.25, 0.3) is 5.69 Å². The zero-order valence-corrected chi connectivity index (χ0v) is 10.5. The van der Waals surface area contributed by atoms with E-state index in [1.165, 1.54) is 0 Å². The molecule has 0 radical (unpaired) electrons. The maximum Gasteiger partial charge on any atom is 0.294 e. The summed E-state index contributed by atoms with van der Waals surface area (Å²) in [6, 6.07) is 2.02. The fraction of sp³-hybridized carbons (Fsp3) is 0.182. The van der Waals surface area contributed by atoms with Gasteiger partial charge in [-0.05, 0) is 0 Å². The van der Waals surface area contributed by atoms with Gasteiger partial charge in [-0.3, -0.25) is 10.1 Å². The van der Waals surface area contributed by atoms with Crippen molar-refractivity contribution in [1.29, 1.82) is 0 Å². The van der Waals surface area contributed by atoms with Crippen molar-refractivity contribution in [1.82, 2.24) is 9.55 Å². The van der Waals surface area contributed by atoms with Gasteiger partial charge in [0.15, 0.2) is 0 Å². The second-order valence-corrected chi connectivity index (χ2v) is 4.18. The number of hydrogen-bond donors (Lipinski definition) is 1. The Morgan fingerprint density at radius 1 is 1.53 bits per heavy atom. The van der Waals surface area contributed by atoms with E-state index in [4.69, 9.17) is 11.6 Å². The summed E-state index contributed by atoms with van der Waals surface area (Å²) in [4.78, 5) is 14.1. The van der Waals surface area contributed by atoms with Gasteiger partial charge in [-0.15, -0.1) is 0 Å². The van der Waals surface area contributed by atoms with Crippen molar-refractivity contribution in [2.75, 3.05) is 11.9 Å². The quantitative estimate of drug-likeness (QED) is 0.677. The van der Waals surface area contributed by atoms with Crippen LogP contribution in [-0.4, -0.2) is 21.0 Å². The number of nitrogens with zero attached hydrogens (tertiary/aromatic N) is 3. The highest BCUT2D eigenvalue weighted by atomic mass is 35.5. The number of aromatic nitrogens is 2. The summed E-state index contributed by atoms with van der Waals surface area (Å²) >= 11 is 5.53.